The molecule has 0 unspecified atom stereocenters. The van der Waals surface area contributed by atoms with Crippen LogP contribution in [0.15, 0.2) is 55.1 Å². The maximum Gasteiger partial charge on any atom is 0.239 e. The molecular formula is C17H18N6O4S. The van der Waals surface area contributed by atoms with E-state index in [4.69, 9.17) is 4.74 Å². The van der Waals surface area contributed by atoms with Gasteiger partial charge in [0.2, 0.25) is 21.8 Å². The summed E-state index contributed by atoms with van der Waals surface area (Å²) in [6.45, 7) is -0.268. The summed E-state index contributed by atoms with van der Waals surface area (Å²) in [7, 11) is -2.08. The van der Waals surface area contributed by atoms with Crippen LogP contribution in [-0.4, -0.2) is 58.2 Å². The van der Waals surface area contributed by atoms with Crippen molar-refractivity contribution in [3.05, 3.63) is 55.1 Å². The average molecular weight is 402 g/mol. The predicted molar refractivity (Wildman–Crippen MR) is 102 cm³/mol. The zero-order valence-corrected chi connectivity index (χ0v) is 16.0. The summed E-state index contributed by atoms with van der Waals surface area (Å²) in [5.74, 6) is 0.996. The standard InChI is InChI=1S/C17H18N6O4S/c1-22(28(2,25)26)11-16(24)19-13-3-5-14(6-4-13)27-17-8-7-15(20-21-17)23-10-9-18-12-23/h3-10,12H,11H2,1-2H3,(H,19,24). The lowest BCUT2D eigenvalue weighted by Crippen LogP contribution is -2.34. The van der Waals surface area contributed by atoms with Gasteiger partial charge in [-0.2, -0.15) is 4.31 Å². The summed E-state index contributed by atoms with van der Waals surface area (Å²) in [5, 5.41) is 10.7. The monoisotopic (exact) mass is 402 g/mol. The van der Waals surface area contributed by atoms with E-state index < -0.39 is 15.9 Å². The summed E-state index contributed by atoms with van der Waals surface area (Å²) < 4.78 is 31.0. The highest BCUT2D eigenvalue weighted by atomic mass is 32.2. The molecule has 1 N–H and O–H groups in total. The highest BCUT2D eigenvalue weighted by molar-refractivity contribution is 7.88. The van der Waals surface area contributed by atoms with E-state index in [0.717, 1.165) is 10.6 Å². The lowest BCUT2D eigenvalue weighted by atomic mass is 10.3. The Balaban J connectivity index is 1.58. The molecule has 0 saturated heterocycles. The highest BCUT2D eigenvalue weighted by Gasteiger charge is 2.15. The number of sulfonamides is 1. The van der Waals surface area contributed by atoms with Crippen LogP contribution in [0.4, 0.5) is 5.69 Å². The van der Waals surface area contributed by atoms with Gasteiger partial charge in [0.1, 0.15) is 12.1 Å². The molecule has 1 amide bonds. The lowest BCUT2D eigenvalue weighted by molar-refractivity contribution is -0.116. The van der Waals surface area contributed by atoms with E-state index in [2.05, 4.69) is 20.5 Å². The van der Waals surface area contributed by atoms with E-state index in [9.17, 15) is 13.2 Å². The number of carbonyl (C=O) groups is 1. The van der Waals surface area contributed by atoms with Crippen molar-refractivity contribution in [2.75, 3.05) is 25.2 Å². The van der Waals surface area contributed by atoms with E-state index in [1.54, 1.807) is 59.7 Å². The summed E-state index contributed by atoms with van der Waals surface area (Å²) in [6.07, 6.45) is 6.05. The first-order valence-corrected chi connectivity index (χ1v) is 9.97. The number of imidazole rings is 1. The van der Waals surface area contributed by atoms with Crippen molar-refractivity contribution in [3.8, 4) is 17.4 Å². The van der Waals surface area contributed by atoms with E-state index in [1.165, 1.54) is 7.05 Å². The molecule has 0 aliphatic heterocycles. The Bertz CT molecular complexity index is 1030. The van der Waals surface area contributed by atoms with Crippen molar-refractivity contribution in [3.63, 3.8) is 0 Å². The first kappa shape index (κ1) is 19.5. The van der Waals surface area contributed by atoms with Gasteiger partial charge >= 0.3 is 0 Å². The van der Waals surface area contributed by atoms with Crippen LogP contribution in [0.5, 0.6) is 11.6 Å². The molecular weight excluding hydrogens is 384 g/mol. The van der Waals surface area contributed by atoms with Crippen molar-refractivity contribution >= 4 is 21.6 Å². The van der Waals surface area contributed by atoms with Gasteiger partial charge in [-0.15, -0.1) is 10.2 Å². The van der Waals surface area contributed by atoms with Crippen LogP contribution in [0.2, 0.25) is 0 Å². The van der Waals surface area contributed by atoms with Gasteiger partial charge < -0.3 is 10.1 Å². The molecule has 0 fully saturated rings. The molecule has 10 nitrogen and oxygen atoms in total. The maximum absolute atomic E-state index is 11.9. The molecule has 1 aromatic carbocycles. The van der Waals surface area contributed by atoms with Crippen molar-refractivity contribution in [2.45, 2.75) is 0 Å². The van der Waals surface area contributed by atoms with Crippen LogP contribution in [0.1, 0.15) is 0 Å². The Morgan fingerprint density at radius 2 is 1.93 bits per heavy atom. The SMILES string of the molecule is CN(CC(=O)Nc1ccc(Oc2ccc(-n3ccnc3)nn2)cc1)S(C)(=O)=O. The van der Waals surface area contributed by atoms with Gasteiger partial charge in [-0.05, 0) is 30.3 Å². The fourth-order valence-electron chi connectivity index (χ4n) is 2.15. The molecule has 0 aliphatic rings. The van der Waals surface area contributed by atoms with Gasteiger partial charge in [0.25, 0.3) is 0 Å². The minimum atomic E-state index is -3.41. The van der Waals surface area contributed by atoms with Gasteiger partial charge in [0, 0.05) is 31.2 Å². The number of benzene rings is 1. The summed E-state index contributed by atoms with van der Waals surface area (Å²) >= 11 is 0. The molecule has 3 aromatic rings. The van der Waals surface area contributed by atoms with Crippen LogP contribution in [-0.2, 0) is 14.8 Å². The predicted octanol–water partition coefficient (Wildman–Crippen LogP) is 1.28. The van der Waals surface area contributed by atoms with Crippen molar-refractivity contribution < 1.29 is 17.9 Å². The first-order chi connectivity index (χ1) is 13.3. The molecule has 3 rings (SSSR count). The molecule has 146 valence electrons. The van der Waals surface area contributed by atoms with E-state index in [1.807, 2.05) is 0 Å². The minimum Gasteiger partial charge on any atom is -0.438 e. The molecule has 11 heteroatoms. The Kier molecular flexibility index (Phi) is 5.66. The van der Waals surface area contributed by atoms with Gasteiger partial charge in [-0.1, -0.05) is 0 Å². The third-order valence-corrected chi connectivity index (χ3v) is 4.95. The number of hydrogen-bond donors (Lipinski definition) is 1. The quantitative estimate of drug-likeness (QED) is 0.632. The fourth-order valence-corrected chi connectivity index (χ4v) is 2.50. The minimum absolute atomic E-state index is 0.268. The first-order valence-electron chi connectivity index (χ1n) is 8.12. The van der Waals surface area contributed by atoms with Gasteiger partial charge in [-0.3, -0.25) is 9.36 Å². The Labute approximate surface area is 161 Å². The number of ether oxygens (including phenoxy) is 1. The molecule has 0 aliphatic carbocycles. The van der Waals surface area contributed by atoms with Gasteiger partial charge in [0.05, 0.1) is 12.8 Å². The maximum atomic E-state index is 11.9. The molecule has 2 heterocycles. The summed E-state index contributed by atoms with van der Waals surface area (Å²) in [4.78, 5) is 15.8. The van der Waals surface area contributed by atoms with Crippen molar-refractivity contribution in [2.24, 2.45) is 0 Å². The lowest BCUT2D eigenvalue weighted by Gasteiger charge is -2.13. The second-order valence-electron chi connectivity index (χ2n) is 5.89. The number of rotatable bonds is 7. The smallest absolute Gasteiger partial charge is 0.239 e. The van der Waals surface area contributed by atoms with Crippen LogP contribution in [0.25, 0.3) is 5.82 Å². The highest BCUT2D eigenvalue weighted by Crippen LogP contribution is 2.21. The van der Waals surface area contributed by atoms with Crippen molar-refractivity contribution in [1.82, 2.24) is 24.1 Å². The number of hydrogen-bond acceptors (Lipinski definition) is 7. The number of anilines is 1. The third kappa shape index (κ3) is 5.11. The van der Waals surface area contributed by atoms with Crippen LogP contribution in [0.3, 0.4) is 0 Å². The van der Waals surface area contributed by atoms with Crippen LogP contribution >= 0.6 is 0 Å². The summed E-state index contributed by atoms with van der Waals surface area (Å²) in [5.41, 5.74) is 0.515. The molecule has 2 aromatic heterocycles. The average Bonchev–Trinajstić information content (AvgIpc) is 3.18. The molecule has 0 bridgehead atoms. The molecule has 0 atom stereocenters. The summed E-state index contributed by atoms with van der Waals surface area (Å²) in [6, 6.07) is 10.0. The number of nitrogens with one attached hydrogen (secondary N) is 1. The second-order valence-corrected chi connectivity index (χ2v) is 7.98. The Hall–Kier alpha value is -3.31. The Morgan fingerprint density at radius 1 is 1.18 bits per heavy atom. The molecule has 0 radical (unpaired) electrons. The molecule has 28 heavy (non-hydrogen) atoms. The topological polar surface area (TPSA) is 119 Å². The van der Waals surface area contributed by atoms with Crippen LogP contribution in [0, 0.1) is 0 Å². The third-order valence-electron chi connectivity index (χ3n) is 3.69. The zero-order valence-electron chi connectivity index (χ0n) is 15.2. The number of likely N-dealkylation sites (N-methyl/N-ethyl adjacent to an activating group) is 1. The normalized spacial score (nSPS) is 11.4. The van der Waals surface area contributed by atoms with E-state index in [-0.39, 0.29) is 6.54 Å². The zero-order chi connectivity index (χ0) is 20.1. The molecule has 0 saturated carbocycles. The van der Waals surface area contributed by atoms with Gasteiger partial charge in [-0.25, -0.2) is 13.4 Å². The fraction of sp³-hybridized carbons (Fsp3) is 0.176. The van der Waals surface area contributed by atoms with Crippen LogP contribution < -0.4 is 10.1 Å². The number of nitrogens with zero attached hydrogens (tertiary/aromatic N) is 5. The molecule has 0 spiro atoms. The number of aromatic nitrogens is 4. The number of amides is 1. The second kappa shape index (κ2) is 8.15. The van der Waals surface area contributed by atoms with Gasteiger partial charge in [0.15, 0.2) is 5.82 Å². The van der Waals surface area contributed by atoms with Crippen molar-refractivity contribution in [1.29, 1.82) is 0 Å². The van der Waals surface area contributed by atoms with E-state index >= 15 is 0 Å². The largest absolute Gasteiger partial charge is 0.438 e. The Morgan fingerprint density at radius 3 is 2.50 bits per heavy atom. The number of carbonyl (C=O) groups excluding carboxylic acids is 1. The van der Waals surface area contributed by atoms with E-state index in [0.29, 0.717) is 23.1 Å².